The van der Waals surface area contributed by atoms with Crippen molar-refractivity contribution >= 4 is 5.91 Å². The number of carbonyl (C=O) groups excluding carboxylic acids is 1. The maximum atomic E-state index is 12.3. The second-order valence-corrected chi connectivity index (χ2v) is 6.26. The number of piperidine rings is 1. The van der Waals surface area contributed by atoms with Gasteiger partial charge < -0.3 is 15.4 Å². The van der Waals surface area contributed by atoms with Crippen molar-refractivity contribution in [1.29, 1.82) is 0 Å². The van der Waals surface area contributed by atoms with Gasteiger partial charge in [0, 0.05) is 19.7 Å². The van der Waals surface area contributed by atoms with Crippen LogP contribution in [0.2, 0.25) is 0 Å². The van der Waals surface area contributed by atoms with E-state index in [2.05, 4.69) is 6.92 Å². The molecule has 18 heavy (non-hydrogen) atoms. The molecule has 0 aromatic heterocycles. The molecule has 1 fully saturated rings. The fourth-order valence-electron chi connectivity index (χ4n) is 2.13. The number of nitrogens with zero attached hydrogens (tertiary/aromatic N) is 1. The Labute approximate surface area is 111 Å². The monoisotopic (exact) mass is 256 g/mol. The minimum absolute atomic E-state index is 0.0623. The minimum Gasteiger partial charge on any atom is -0.376 e. The van der Waals surface area contributed by atoms with E-state index >= 15 is 0 Å². The molecular weight excluding hydrogens is 228 g/mol. The first kappa shape index (κ1) is 15.4. The van der Waals surface area contributed by atoms with Crippen LogP contribution in [0.5, 0.6) is 0 Å². The quantitative estimate of drug-likeness (QED) is 0.834. The number of amides is 1. The fraction of sp³-hybridized carbons (Fsp3) is 0.929. The molecule has 106 valence electrons. The normalized spacial score (nSPS) is 22.9. The predicted molar refractivity (Wildman–Crippen MR) is 73.3 cm³/mol. The first-order valence-corrected chi connectivity index (χ1v) is 7.02. The van der Waals surface area contributed by atoms with E-state index in [9.17, 15) is 4.79 Å². The first-order chi connectivity index (χ1) is 8.36. The Hall–Kier alpha value is -0.610. The molecule has 1 unspecified atom stereocenters. The SMILES string of the molecule is CCCOC1CCCN(C(=O)[C@H](N)C(C)(C)C)C1. The van der Waals surface area contributed by atoms with Crippen LogP contribution in [0, 0.1) is 5.41 Å². The second kappa shape index (κ2) is 6.53. The molecule has 0 radical (unpaired) electrons. The summed E-state index contributed by atoms with van der Waals surface area (Å²) in [6.45, 7) is 10.4. The molecule has 2 atom stereocenters. The molecule has 0 saturated carbocycles. The average molecular weight is 256 g/mol. The van der Waals surface area contributed by atoms with Gasteiger partial charge in [-0.2, -0.15) is 0 Å². The van der Waals surface area contributed by atoms with Gasteiger partial charge in [0.1, 0.15) is 0 Å². The molecule has 1 amide bonds. The Bertz CT molecular complexity index is 273. The highest BCUT2D eigenvalue weighted by Crippen LogP contribution is 2.21. The summed E-state index contributed by atoms with van der Waals surface area (Å²) in [6, 6.07) is -0.428. The van der Waals surface area contributed by atoms with E-state index in [4.69, 9.17) is 10.5 Å². The number of nitrogens with two attached hydrogens (primary N) is 1. The number of likely N-dealkylation sites (tertiary alicyclic amines) is 1. The lowest BCUT2D eigenvalue weighted by atomic mass is 9.86. The summed E-state index contributed by atoms with van der Waals surface area (Å²) in [5, 5.41) is 0. The van der Waals surface area contributed by atoms with E-state index in [-0.39, 0.29) is 17.4 Å². The predicted octanol–water partition coefficient (Wildman–Crippen LogP) is 1.78. The number of hydrogen-bond acceptors (Lipinski definition) is 3. The van der Waals surface area contributed by atoms with Crippen LogP contribution >= 0.6 is 0 Å². The van der Waals surface area contributed by atoms with Crippen LogP contribution in [0.1, 0.15) is 47.0 Å². The third kappa shape index (κ3) is 4.25. The molecule has 1 rings (SSSR count). The van der Waals surface area contributed by atoms with Crippen molar-refractivity contribution in [1.82, 2.24) is 4.90 Å². The van der Waals surface area contributed by atoms with Crippen molar-refractivity contribution in [3.63, 3.8) is 0 Å². The Kier molecular flexibility index (Phi) is 5.60. The van der Waals surface area contributed by atoms with Gasteiger partial charge in [0.25, 0.3) is 0 Å². The van der Waals surface area contributed by atoms with Gasteiger partial charge in [-0.05, 0) is 24.7 Å². The molecule has 0 aromatic carbocycles. The van der Waals surface area contributed by atoms with E-state index < -0.39 is 6.04 Å². The zero-order valence-electron chi connectivity index (χ0n) is 12.2. The van der Waals surface area contributed by atoms with Crippen LogP contribution in [0.4, 0.5) is 0 Å². The molecule has 1 aliphatic heterocycles. The summed E-state index contributed by atoms with van der Waals surface area (Å²) in [4.78, 5) is 14.2. The first-order valence-electron chi connectivity index (χ1n) is 7.02. The Morgan fingerprint density at radius 3 is 2.72 bits per heavy atom. The van der Waals surface area contributed by atoms with Gasteiger partial charge in [0.15, 0.2) is 0 Å². The van der Waals surface area contributed by atoms with E-state index in [0.717, 1.165) is 32.4 Å². The number of rotatable bonds is 4. The standard InChI is InChI=1S/C14H28N2O2/c1-5-9-18-11-7-6-8-16(10-11)13(17)12(15)14(2,3)4/h11-12H,5-10,15H2,1-4H3/t11?,12-/m0/s1. The lowest BCUT2D eigenvalue weighted by Crippen LogP contribution is -2.54. The summed E-state index contributed by atoms with van der Waals surface area (Å²) in [7, 11) is 0. The van der Waals surface area contributed by atoms with Crippen molar-refractivity contribution in [3.8, 4) is 0 Å². The van der Waals surface area contributed by atoms with Crippen LogP contribution in [-0.2, 0) is 9.53 Å². The third-order valence-electron chi connectivity index (χ3n) is 3.45. The molecule has 0 aromatic rings. The Balaban J connectivity index is 2.53. The molecular formula is C14H28N2O2. The van der Waals surface area contributed by atoms with Gasteiger partial charge in [-0.1, -0.05) is 27.7 Å². The van der Waals surface area contributed by atoms with Crippen LogP contribution in [-0.4, -0.2) is 42.6 Å². The Morgan fingerprint density at radius 1 is 1.50 bits per heavy atom. The molecule has 2 N–H and O–H groups in total. The largest absolute Gasteiger partial charge is 0.376 e. The zero-order chi connectivity index (χ0) is 13.8. The van der Waals surface area contributed by atoms with E-state index in [1.54, 1.807) is 0 Å². The molecule has 1 aliphatic rings. The summed E-state index contributed by atoms with van der Waals surface area (Å²) in [6.07, 6.45) is 3.27. The number of ether oxygens (including phenoxy) is 1. The molecule has 1 heterocycles. The third-order valence-corrected chi connectivity index (χ3v) is 3.45. The summed E-state index contributed by atoms with van der Waals surface area (Å²) >= 11 is 0. The zero-order valence-corrected chi connectivity index (χ0v) is 12.2. The van der Waals surface area contributed by atoms with Crippen molar-refractivity contribution in [2.24, 2.45) is 11.1 Å². The van der Waals surface area contributed by atoms with Crippen LogP contribution in [0.15, 0.2) is 0 Å². The lowest BCUT2D eigenvalue weighted by molar-refractivity contribution is -0.139. The highest BCUT2D eigenvalue weighted by atomic mass is 16.5. The van der Waals surface area contributed by atoms with Gasteiger partial charge in [0.2, 0.25) is 5.91 Å². The van der Waals surface area contributed by atoms with E-state index in [0.29, 0.717) is 6.54 Å². The second-order valence-electron chi connectivity index (χ2n) is 6.26. The lowest BCUT2D eigenvalue weighted by Gasteiger charge is -2.37. The maximum absolute atomic E-state index is 12.3. The molecule has 0 spiro atoms. The highest BCUT2D eigenvalue weighted by Gasteiger charge is 2.33. The van der Waals surface area contributed by atoms with Crippen molar-refractivity contribution in [2.75, 3.05) is 19.7 Å². The highest BCUT2D eigenvalue weighted by molar-refractivity contribution is 5.82. The van der Waals surface area contributed by atoms with Gasteiger partial charge >= 0.3 is 0 Å². The molecule has 1 saturated heterocycles. The summed E-state index contributed by atoms with van der Waals surface area (Å²) in [5.41, 5.74) is 5.85. The smallest absolute Gasteiger partial charge is 0.240 e. The maximum Gasteiger partial charge on any atom is 0.240 e. The van der Waals surface area contributed by atoms with Crippen LogP contribution in [0.3, 0.4) is 0 Å². The minimum atomic E-state index is -0.428. The van der Waals surface area contributed by atoms with Crippen LogP contribution in [0.25, 0.3) is 0 Å². The molecule has 0 aliphatic carbocycles. The molecule has 4 heteroatoms. The van der Waals surface area contributed by atoms with Gasteiger partial charge in [-0.15, -0.1) is 0 Å². The summed E-state index contributed by atoms with van der Waals surface area (Å²) in [5.74, 6) is 0.0623. The van der Waals surface area contributed by atoms with E-state index in [1.807, 2.05) is 25.7 Å². The van der Waals surface area contributed by atoms with Crippen LogP contribution < -0.4 is 5.73 Å². The van der Waals surface area contributed by atoms with Crippen molar-refractivity contribution < 1.29 is 9.53 Å². The van der Waals surface area contributed by atoms with Crippen molar-refractivity contribution in [3.05, 3.63) is 0 Å². The topological polar surface area (TPSA) is 55.6 Å². The number of hydrogen-bond donors (Lipinski definition) is 1. The average Bonchev–Trinajstić information content (AvgIpc) is 2.33. The van der Waals surface area contributed by atoms with Gasteiger partial charge in [-0.25, -0.2) is 0 Å². The Morgan fingerprint density at radius 2 is 2.17 bits per heavy atom. The van der Waals surface area contributed by atoms with Crippen molar-refractivity contribution in [2.45, 2.75) is 59.1 Å². The van der Waals surface area contributed by atoms with E-state index in [1.165, 1.54) is 0 Å². The fourth-order valence-corrected chi connectivity index (χ4v) is 2.13. The van der Waals surface area contributed by atoms with Gasteiger partial charge in [-0.3, -0.25) is 4.79 Å². The molecule has 0 bridgehead atoms. The van der Waals surface area contributed by atoms with Gasteiger partial charge in [0.05, 0.1) is 12.1 Å². The summed E-state index contributed by atoms with van der Waals surface area (Å²) < 4.78 is 5.74. The number of carbonyl (C=O) groups is 1. The molecule has 4 nitrogen and oxygen atoms in total.